The van der Waals surface area contributed by atoms with E-state index in [1.54, 1.807) is 0 Å². The quantitative estimate of drug-likeness (QED) is 0.384. The summed E-state index contributed by atoms with van der Waals surface area (Å²) in [6.45, 7) is 7.54. The van der Waals surface area contributed by atoms with Crippen molar-refractivity contribution in [2.24, 2.45) is 11.5 Å². The van der Waals surface area contributed by atoms with Crippen molar-refractivity contribution in [1.82, 2.24) is 4.90 Å². The fraction of sp³-hybridized carbons (Fsp3) is 0.769. The zero-order chi connectivity index (χ0) is 17.1. The molecule has 20 heavy (non-hydrogen) atoms. The molecular formula is C13H31N3O4. The third kappa shape index (κ3) is 43.9. The van der Waals surface area contributed by atoms with Gasteiger partial charge in [0.15, 0.2) is 0 Å². The van der Waals surface area contributed by atoms with E-state index >= 15 is 0 Å². The topological polar surface area (TPSA) is 127 Å². The van der Waals surface area contributed by atoms with E-state index in [0.29, 0.717) is 0 Å². The molecule has 0 bridgehead atoms. The van der Waals surface area contributed by atoms with Gasteiger partial charge in [-0.1, -0.05) is 20.8 Å². The second-order valence-electron chi connectivity index (χ2n) is 3.62. The molecule has 0 saturated carbocycles. The Balaban J connectivity index is -0.0000000947. The van der Waals surface area contributed by atoms with Gasteiger partial charge in [-0.3, -0.25) is 9.59 Å². The average Bonchev–Trinajstić information content (AvgIpc) is 2.32. The molecule has 0 aromatic rings. The van der Waals surface area contributed by atoms with Crippen LogP contribution in [0.2, 0.25) is 0 Å². The van der Waals surface area contributed by atoms with Crippen LogP contribution in [0.25, 0.3) is 0 Å². The van der Waals surface area contributed by atoms with Crippen LogP contribution < -0.4 is 11.5 Å². The highest BCUT2D eigenvalue weighted by Gasteiger charge is 2.03. The standard InChI is InChI=1S/C6H13NO.C3H7NO2.C2H5NO.C2H6/c1-4-6(5-8)7(2)3;4-2-1-3(5)6;1-2(3)4;1-2/h5-6H,4H2,1-3H3;1-2,4H2,(H,5,6);1H3,(H2,3,4);1-2H3/i1+1;2+1,4+1;;1+1,2+1. The van der Waals surface area contributed by atoms with Gasteiger partial charge in [0.2, 0.25) is 5.91 Å². The number of hydrogen-bond acceptors (Lipinski definition) is 5. The molecule has 0 saturated heterocycles. The molecule has 0 aromatic heterocycles. The lowest BCUT2D eigenvalue weighted by Crippen LogP contribution is -2.28. The molecule has 7 nitrogen and oxygen atoms in total. The fourth-order valence-electron chi connectivity index (χ4n) is 0.707. The maximum absolute atomic E-state index is 10.1. The highest BCUT2D eigenvalue weighted by molar-refractivity contribution is 5.70. The summed E-state index contributed by atoms with van der Waals surface area (Å²) in [5.74, 6) is -1.17. The fourth-order valence-corrected chi connectivity index (χ4v) is 0.707. The molecule has 0 heterocycles. The van der Waals surface area contributed by atoms with E-state index in [4.69, 9.17) is 10.8 Å². The number of amides is 1. The summed E-state index contributed by atoms with van der Waals surface area (Å²) < 4.78 is 0. The maximum atomic E-state index is 10.1. The SMILES string of the molecule is CC(N)=O.CN(C)C(C=O)C[13CH3].[13CH3][13CH3].[15NH2][13CH2]CC(=O)O. The minimum Gasteiger partial charge on any atom is -0.481 e. The predicted molar refractivity (Wildman–Crippen MR) is 81.4 cm³/mol. The molecule has 0 aliphatic heterocycles. The summed E-state index contributed by atoms with van der Waals surface area (Å²) >= 11 is 0. The van der Waals surface area contributed by atoms with Gasteiger partial charge in [0.05, 0.1) is 12.5 Å². The lowest BCUT2D eigenvalue weighted by molar-refractivity contribution is -0.136. The third-order valence-electron chi connectivity index (χ3n) is 1.60. The Hall–Kier alpha value is -1.47. The first-order valence-electron chi connectivity index (χ1n) is 6.52. The first-order chi connectivity index (χ1) is 9.22. The molecule has 1 unspecified atom stereocenters. The number of carbonyl (C=O) groups excluding carboxylic acids is 2. The number of rotatable bonds is 5. The molecule has 122 valence electrons. The summed E-state index contributed by atoms with van der Waals surface area (Å²) in [6, 6.07) is 0.106. The van der Waals surface area contributed by atoms with E-state index < -0.39 is 5.97 Å². The van der Waals surface area contributed by atoms with Crippen molar-refractivity contribution in [3.63, 3.8) is 0 Å². The Kier molecular flexibility index (Phi) is 30.6. The number of aldehydes is 1. The van der Waals surface area contributed by atoms with E-state index in [-0.39, 0.29) is 24.9 Å². The first kappa shape index (κ1) is 27.0. The number of primary amides is 1. The zero-order valence-corrected chi connectivity index (χ0v) is 13.5. The molecule has 7 heteroatoms. The Morgan fingerprint density at radius 2 is 1.65 bits per heavy atom. The molecule has 1 atom stereocenters. The molecule has 0 aliphatic carbocycles. The monoisotopic (exact) mass is 298 g/mol. The summed E-state index contributed by atoms with van der Waals surface area (Å²) in [5, 5.41) is 7.83. The first-order valence-corrected chi connectivity index (χ1v) is 6.52. The molecule has 0 rings (SSSR count). The van der Waals surface area contributed by atoms with Gasteiger partial charge in [0.1, 0.15) is 6.29 Å². The largest absolute Gasteiger partial charge is 0.481 e. The Morgan fingerprint density at radius 1 is 1.30 bits per heavy atom. The van der Waals surface area contributed by atoms with Crippen LogP contribution in [0.5, 0.6) is 0 Å². The van der Waals surface area contributed by atoms with E-state index in [1.165, 1.54) is 6.92 Å². The normalized spacial score (nSPS) is 9.60. The predicted octanol–water partition coefficient (Wildman–Crippen LogP) is 0.463. The van der Waals surface area contributed by atoms with Crippen molar-refractivity contribution in [1.29, 1.82) is 0 Å². The molecule has 0 aliphatic rings. The number of nitrogens with two attached hydrogens (primary N) is 2. The van der Waals surface area contributed by atoms with E-state index in [1.807, 2.05) is 39.8 Å². The highest BCUT2D eigenvalue weighted by Crippen LogP contribution is 1.92. The van der Waals surface area contributed by atoms with Crippen LogP contribution in [-0.2, 0) is 14.4 Å². The molecule has 5 N–H and O–H groups in total. The van der Waals surface area contributed by atoms with Crippen molar-refractivity contribution in [3.8, 4) is 0 Å². The van der Waals surface area contributed by atoms with Gasteiger partial charge in [-0.25, -0.2) is 0 Å². The molecule has 0 radical (unpaired) electrons. The van der Waals surface area contributed by atoms with Crippen molar-refractivity contribution in [2.75, 3.05) is 20.6 Å². The van der Waals surface area contributed by atoms with Crippen LogP contribution in [0.3, 0.4) is 0 Å². The number of likely N-dealkylation sites (N-methyl/N-ethyl adjacent to an activating group) is 1. The van der Waals surface area contributed by atoms with Crippen molar-refractivity contribution in [3.05, 3.63) is 0 Å². The Morgan fingerprint density at radius 3 is 1.65 bits per heavy atom. The van der Waals surface area contributed by atoms with Crippen molar-refractivity contribution >= 4 is 18.2 Å². The molecular weight excluding hydrogens is 267 g/mol. The van der Waals surface area contributed by atoms with E-state index in [2.05, 4.69) is 5.73 Å². The number of carbonyl (C=O) groups is 3. The Labute approximate surface area is 122 Å². The lowest BCUT2D eigenvalue weighted by atomic mass is 10.3. The van der Waals surface area contributed by atoms with Gasteiger partial charge in [-0.05, 0) is 20.5 Å². The van der Waals surface area contributed by atoms with Crippen LogP contribution in [-0.4, -0.2) is 54.9 Å². The number of aliphatic carboxylic acids is 1. The summed E-state index contributed by atoms with van der Waals surface area (Å²) in [4.78, 5) is 30.8. The number of carboxylic acids is 1. The minimum atomic E-state index is -0.836. The van der Waals surface area contributed by atoms with Crippen molar-refractivity contribution in [2.45, 2.75) is 46.6 Å². The lowest BCUT2D eigenvalue weighted by Gasteiger charge is -2.14. The highest BCUT2D eigenvalue weighted by atomic mass is 16.4. The van der Waals surface area contributed by atoms with Gasteiger partial charge in [0.25, 0.3) is 0 Å². The zero-order valence-electron chi connectivity index (χ0n) is 13.5. The molecule has 0 fully saturated rings. The molecule has 0 spiro atoms. The second kappa shape index (κ2) is 22.7. The van der Waals surface area contributed by atoms with E-state index in [0.717, 1.165) is 12.7 Å². The van der Waals surface area contributed by atoms with Crippen LogP contribution in [0.15, 0.2) is 0 Å². The van der Waals surface area contributed by atoms with Crippen LogP contribution in [0.1, 0.15) is 40.5 Å². The van der Waals surface area contributed by atoms with Gasteiger partial charge >= 0.3 is 5.97 Å². The van der Waals surface area contributed by atoms with Crippen LogP contribution in [0, 0.1) is 0 Å². The second-order valence-corrected chi connectivity index (χ2v) is 3.62. The van der Waals surface area contributed by atoms with E-state index in [9.17, 15) is 14.4 Å². The van der Waals surface area contributed by atoms with Gasteiger partial charge in [-0.2, -0.15) is 0 Å². The van der Waals surface area contributed by atoms with Gasteiger partial charge in [-0.15, -0.1) is 0 Å². The van der Waals surface area contributed by atoms with Crippen LogP contribution >= 0.6 is 0 Å². The third-order valence-corrected chi connectivity index (χ3v) is 1.60. The molecule has 1 amide bonds. The van der Waals surface area contributed by atoms with Gasteiger partial charge in [0, 0.05) is 13.5 Å². The Bertz CT molecular complexity index is 230. The van der Waals surface area contributed by atoms with Crippen molar-refractivity contribution < 1.29 is 19.5 Å². The number of hydrogen-bond donors (Lipinski definition) is 3. The summed E-state index contributed by atoms with van der Waals surface area (Å²) in [6.07, 6.45) is 1.94. The van der Waals surface area contributed by atoms with Crippen LogP contribution in [0.4, 0.5) is 0 Å². The van der Waals surface area contributed by atoms with Gasteiger partial charge < -0.3 is 26.3 Å². The average molecular weight is 298 g/mol. The maximum Gasteiger partial charge on any atom is 0.304 e. The summed E-state index contributed by atoms with van der Waals surface area (Å²) in [7, 11) is 3.81. The number of carboxylic acid groups (broad SMARTS) is 1. The number of nitrogens with zero attached hydrogens (tertiary/aromatic N) is 1. The smallest absolute Gasteiger partial charge is 0.304 e. The molecule has 0 aromatic carbocycles. The summed E-state index contributed by atoms with van der Waals surface area (Å²) in [5.41, 5.74) is 9.32. The minimum absolute atomic E-state index is 0.0694.